The predicted molar refractivity (Wildman–Crippen MR) is 65.4 cm³/mol. The van der Waals surface area contributed by atoms with E-state index in [1.807, 2.05) is 0 Å². The van der Waals surface area contributed by atoms with Crippen LogP contribution in [0.25, 0.3) is 0 Å². The smallest absolute Gasteiger partial charge is 0.311 e. The number of rotatable bonds is 5. The number of carbonyl (C=O) groups excluding carboxylic acids is 2. The molecule has 0 radical (unpaired) electrons. The van der Waals surface area contributed by atoms with E-state index in [-0.39, 0.29) is 18.3 Å². The van der Waals surface area contributed by atoms with E-state index in [1.54, 1.807) is 14.0 Å². The number of hydrogen-bond acceptors (Lipinski definition) is 6. The van der Waals surface area contributed by atoms with Crippen LogP contribution in [0, 0.1) is 0 Å². The lowest BCUT2D eigenvalue weighted by Crippen LogP contribution is -2.21. The van der Waals surface area contributed by atoms with Gasteiger partial charge in [0.15, 0.2) is 5.82 Å². The first kappa shape index (κ1) is 13.4. The molecule has 94 valence electrons. The number of amides is 1. The molecule has 1 rings (SSSR count). The van der Waals surface area contributed by atoms with Gasteiger partial charge in [0.1, 0.15) is 0 Å². The second-order valence-corrected chi connectivity index (χ2v) is 4.00. The molecule has 1 aromatic heterocycles. The summed E-state index contributed by atoms with van der Waals surface area (Å²) in [5, 5.41) is 5.35. The van der Waals surface area contributed by atoms with Crippen LogP contribution in [0.2, 0.25) is 0 Å². The Hall–Kier alpha value is -1.63. The molecule has 0 saturated carbocycles. The molecule has 0 aliphatic rings. The number of nitrogens with one attached hydrogen (secondary N) is 2. The van der Waals surface area contributed by atoms with E-state index in [1.165, 1.54) is 7.05 Å². The van der Waals surface area contributed by atoms with Crippen LogP contribution in [0.4, 0.5) is 5.82 Å². The van der Waals surface area contributed by atoms with Gasteiger partial charge in [-0.05, 0) is 18.5 Å². The standard InChI is InChI=1S/C10H15N3O3S/c1-4-16-7(14)5-6-8(10(15)12-3)9(11-2)13-17-6/h4-5H2,1-3H3,(H,11,13)(H,12,15). The third-order valence-corrected chi connectivity index (χ3v) is 2.91. The molecule has 2 N–H and O–H groups in total. The largest absolute Gasteiger partial charge is 0.466 e. The first-order chi connectivity index (χ1) is 8.13. The summed E-state index contributed by atoms with van der Waals surface area (Å²) < 4.78 is 8.92. The van der Waals surface area contributed by atoms with Crippen LogP contribution >= 0.6 is 11.5 Å². The maximum atomic E-state index is 11.7. The van der Waals surface area contributed by atoms with E-state index >= 15 is 0 Å². The van der Waals surface area contributed by atoms with Crippen LogP contribution < -0.4 is 10.6 Å². The van der Waals surface area contributed by atoms with E-state index in [0.29, 0.717) is 22.9 Å². The van der Waals surface area contributed by atoms with Gasteiger partial charge in [-0.2, -0.15) is 4.37 Å². The van der Waals surface area contributed by atoms with Gasteiger partial charge in [0.25, 0.3) is 5.91 Å². The van der Waals surface area contributed by atoms with Crippen molar-refractivity contribution in [3.63, 3.8) is 0 Å². The van der Waals surface area contributed by atoms with Crippen molar-refractivity contribution in [1.82, 2.24) is 9.69 Å². The van der Waals surface area contributed by atoms with Crippen LogP contribution in [0.1, 0.15) is 22.2 Å². The highest BCUT2D eigenvalue weighted by atomic mass is 32.1. The van der Waals surface area contributed by atoms with Crippen molar-refractivity contribution in [1.29, 1.82) is 0 Å². The fourth-order valence-electron chi connectivity index (χ4n) is 1.32. The van der Waals surface area contributed by atoms with Crippen molar-refractivity contribution < 1.29 is 14.3 Å². The molecule has 17 heavy (non-hydrogen) atoms. The third-order valence-electron chi connectivity index (χ3n) is 2.06. The van der Waals surface area contributed by atoms with Crippen LogP contribution in [0.15, 0.2) is 0 Å². The average molecular weight is 257 g/mol. The summed E-state index contributed by atoms with van der Waals surface area (Å²) in [4.78, 5) is 23.7. The van der Waals surface area contributed by atoms with Crippen molar-refractivity contribution in [3.8, 4) is 0 Å². The molecular weight excluding hydrogens is 242 g/mol. The zero-order valence-corrected chi connectivity index (χ0v) is 10.8. The fraction of sp³-hybridized carbons (Fsp3) is 0.500. The Bertz CT molecular complexity index is 417. The zero-order valence-electron chi connectivity index (χ0n) is 9.99. The molecule has 0 aliphatic carbocycles. The number of nitrogens with zero attached hydrogens (tertiary/aromatic N) is 1. The Morgan fingerprint density at radius 2 is 2.12 bits per heavy atom. The van der Waals surface area contributed by atoms with E-state index in [0.717, 1.165) is 11.5 Å². The van der Waals surface area contributed by atoms with Crippen LogP contribution in [0.5, 0.6) is 0 Å². The summed E-state index contributed by atoms with van der Waals surface area (Å²) in [6.07, 6.45) is 0.0654. The number of aromatic nitrogens is 1. The van der Waals surface area contributed by atoms with Crippen molar-refractivity contribution >= 4 is 29.2 Å². The lowest BCUT2D eigenvalue weighted by Gasteiger charge is -2.04. The van der Waals surface area contributed by atoms with Crippen molar-refractivity contribution in [2.24, 2.45) is 0 Å². The average Bonchev–Trinajstić information content (AvgIpc) is 2.71. The lowest BCUT2D eigenvalue weighted by molar-refractivity contribution is -0.142. The van der Waals surface area contributed by atoms with Gasteiger partial charge in [-0.15, -0.1) is 0 Å². The summed E-state index contributed by atoms with van der Waals surface area (Å²) in [6, 6.07) is 0. The minimum Gasteiger partial charge on any atom is -0.466 e. The lowest BCUT2D eigenvalue weighted by atomic mass is 10.2. The Labute approximate surface area is 104 Å². The molecule has 0 bridgehead atoms. The van der Waals surface area contributed by atoms with Gasteiger partial charge >= 0.3 is 5.97 Å². The summed E-state index contributed by atoms with van der Waals surface area (Å²) in [7, 11) is 3.21. The molecule has 0 unspecified atom stereocenters. The number of esters is 1. The third kappa shape index (κ3) is 3.16. The summed E-state index contributed by atoms with van der Waals surface area (Å²) in [6.45, 7) is 2.06. The van der Waals surface area contributed by atoms with E-state index in [9.17, 15) is 9.59 Å². The molecule has 0 atom stereocenters. The van der Waals surface area contributed by atoms with Gasteiger partial charge in [-0.25, -0.2) is 0 Å². The van der Waals surface area contributed by atoms with Crippen molar-refractivity contribution in [3.05, 3.63) is 10.4 Å². The van der Waals surface area contributed by atoms with E-state index < -0.39 is 0 Å². The minimum absolute atomic E-state index is 0.0654. The number of carbonyl (C=O) groups is 2. The molecule has 7 heteroatoms. The normalized spacial score (nSPS) is 9.82. The minimum atomic E-state index is -0.357. The SMILES string of the molecule is CCOC(=O)Cc1snc(NC)c1C(=O)NC. The molecule has 1 amide bonds. The maximum absolute atomic E-state index is 11.7. The highest BCUT2D eigenvalue weighted by Crippen LogP contribution is 2.23. The summed E-state index contributed by atoms with van der Waals surface area (Å²) in [5.41, 5.74) is 0.410. The second-order valence-electron chi connectivity index (χ2n) is 3.14. The fourth-order valence-corrected chi connectivity index (χ4v) is 2.16. The van der Waals surface area contributed by atoms with Gasteiger partial charge in [-0.1, -0.05) is 0 Å². The Balaban J connectivity index is 2.95. The quantitative estimate of drug-likeness (QED) is 0.757. The number of ether oxygens (including phenoxy) is 1. The van der Waals surface area contributed by atoms with Crippen LogP contribution in [0.3, 0.4) is 0 Å². The van der Waals surface area contributed by atoms with Gasteiger partial charge in [0.2, 0.25) is 0 Å². The molecule has 0 aromatic carbocycles. The molecule has 0 aliphatic heterocycles. The highest BCUT2D eigenvalue weighted by molar-refractivity contribution is 7.06. The monoisotopic (exact) mass is 257 g/mol. The predicted octanol–water partition coefficient (Wildman–Crippen LogP) is 0.650. The molecule has 0 saturated heterocycles. The molecule has 1 heterocycles. The van der Waals surface area contributed by atoms with Crippen LogP contribution in [-0.4, -0.2) is 37.0 Å². The van der Waals surface area contributed by atoms with Gasteiger partial charge in [-0.3, -0.25) is 9.59 Å². The van der Waals surface area contributed by atoms with Gasteiger partial charge < -0.3 is 15.4 Å². The highest BCUT2D eigenvalue weighted by Gasteiger charge is 2.21. The first-order valence-corrected chi connectivity index (χ1v) is 5.95. The number of anilines is 1. The van der Waals surface area contributed by atoms with Crippen molar-refractivity contribution in [2.75, 3.05) is 26.0 Å². The van der Waals surface area contributed by atoms with Crippen LogP contribution in [-0.2, 0) is 16.0 Å². The zero-order chi connectivity index (χ0) is 12.8. The molecular formula is C10H15N3O3S. The van der Waals surface area contributed by atoms with Crippen molar-refractivity contribution in [2.45, 2.75) is 13.3 Å². The van der Waals surface area contributed by atoms with Gasteiger partial charge in [0, 0.05) is 14.1 Å². The molecule has 6 nitrogen and oxygen atoms in total. The molecule has 0 fully saturated rings. The second kappa shape index (κ2) is 6.19. The summed E-state index contributed by atoms with van der Waals surface area (Å²) in [5.74, 6) is -0.139. The van der Waals surface area contributed by atoms with Gasteiger partial charge in [0.05, 0.1) is 23.5 Å². The summed E-state index contributed by atoms with van der Waals surface area (Å²) >= 11 is 1.12. The molecule has 1 aromatic rings. The Morgan fingerprint density at radius 3 is 2.65 bits per heavy atom. The molecule has 0 spiro atoms. The van der Waals surface area contributed by atoms with E-state index in [4.69, 9.17) is 4.74 Å². The van der Waals surface area contributed by atoms with E-state index in [2.05, 4.69) is 15.0 Å². The number of hydrogen-bond donors (Lipinski definition) is 2. The topological polar surface area (TPSA) is 80.3 Å². The maximum Gasteiger partial charge on any atom is 0.311 e. The Kier molecular flexibility index (Phi) is 4.89. The first-order valence-electron chi connectivity index (χ1n) is 5.18. The Morgan fingerprint density at radius 1 is 1.41 bits per heavy atom.